The third-order valence-corrected chi connectivity index (χ3v) is 19.3. The molecule has 0 fully saturated rings. The van der Waals surface area contributed by atoms with Gasteiger partial charge in [0.2, 0.25) is 0 Å². The molecule has 0 radical (unpaired) electrons. The van der Waals surface area contributed by atoms with Gasteiger partial charge in [0.05, 0.1) is 26.4 Å². The molecule has 0 aliphatic rings. The number of carbonyl (C=O) groups is 4. The van der Waals surface area contributed by atoms with Crippen LogP contribution in [0.3, 0.4) is 0 Å². The van der Waals surface area contributed by atoms with Gasteiger partial charge in [-0.1, -0.05) is 342 Å². The van der Waals surface area contributed by atoms with E-state index in [1.54, 1.807) is 0 Å². The molecule has 19 heteroatoms. The van der Waals surface area contributed by atoms with Gasteiger partial charge in [-0.05, 0) is 25.7 Å². The minimum absolute atomic E-state index is 0.107. The van der Waals surface area contributed by atoms with Gasteiger partial charge in [-0.25, -0.2) is 9.13 Å². The van der Waals surface area contributed by atoms with Crippen molar-refractivity contribution in [3.05, 3.63) is 0 Å². The Morgan fingerprint density at radius 1 is 0.258 bits per heavy atom. The highest BCUT2D eigenvalue weighted by Crippen LogP contribution is 2.45. The van der Waals surface area contributed by atoms with Gasteiger partial charge in [0, 0.05) is 25.7 Å². The van der Waals surface area contributed by atoms with Crippen molar-refractivity contribution in [3.63, 3.8) is 0 Å². The zero-order valence-electron chi connectivity index (χ0n) is 60.2. The Kier molecular flexibility index (Phi) is 67.1. The Labute approximate surface area is 568 Å². The first-order chi connectivity index (χ1) is 45.2. The highest BCUT2D eigenvalue weighted by molar-refractivity contribution is 7.47. The molecule has 0 spiro atoms. The highest BCUT2D eigenvalue weighted by atomic mass is 31.2. The van der Waals surface area contributed by atoms with Crippen LogP contribution in [0.4, 0.5) is 0 Å². The number of rotatable bonds is 75. The molecular formula is C74H144O17P2. The molecule has 2 unspecified atom stereocenters. The Balaban J connectivity index is 5.19. The van der Waals surface area contributed by atoms with Crippen molar-refractivity contribution < 1.29 is 80.2 Å². The maximum atomic E-state index is 13.1. The summed E-state index contributed by atoms with van der Waals surface area (Å²) < 4.78 is 68.4. The van der Waals surface area contributed by atoms with E-state index in [-0.39, 0.29) is 25.7 Å². The van der Waals surface area contributed by atoms with Crippen molar-refractivity contribution in [2.24, 2.45) is 0 Å². The molecule has 0 aliphatic heterocycles. The lowest BCUT2D eigenvalue weighted by molar-refractivity contribution is -0.161. The van der Waals surface area contributed by atoms with Crippen LogP contribution in [0.1, 0.15) is 394 Å². The Bertz CT molecular complexity index is 1770. The summed E-state index contributed by atoms with van der Waals surface area (Å²) in [4.78, 5) is 72.6. The lowest BCUT2D eigenvalue weighted by atomic mass is 10.0. The molecule has 17 nitrogen and oxygen atoms in total. The number of phosphoric acid groups is 2. The molecule has 0 aliphatic carbocycles. The lowest BCUT2D eigenvalue weighted by Gasteiger charge is -2.21. The van der Waals surface area contributed by atoms with Crippen LogP contribution in [-0.2, 0) is 65.4 Å². The second-order valence-electron chi connectivity index (χ2n) is 26.7. The summed E-state index contributed by atoms with van der Waals surface area (Å²) >= 11 is 0. The van der Waals surface area contributed by atoms with Crippen molar-refractivity contribution in [3.8, 4) is 0 Å². The first-order valence-corrected chi connectivity index (χ1v) is 41.8. The number of aliphatic hydroxyl groups excluding tert-OH is 1. The predicted octanol–water partition coefficient (Wildman–Crippen LogP) is 21.8. The van der Waals surface area contributed by atoms with E-state index < -0.39 is 97.5 Å². The monoisotopic (exact) mass is 1370 g/mol. The van der Waals surface area contributed by atoms with Crippen molar-refractivity contribution in [1.29, 1.82) is 0 Å². The van der Waals surface area contributed by atoms with Gasteiger partial charge in [0.1, 0.15) is 19.3 Å². The maximum absolute atomic E-state index is 13.1. The SMILES string of the molecule is CCCCCCCCCCCCCCCCCCCCCCC(=O)O[C@H](COC(=O)CCCCCCCCCCCCCCC)COP(=O)(O)OC[C@@H](O)COP(=O)(O)OC[C@@H](COC(=O)CCCCCCCCCCC)OC(=O)CCCCCCCCCCCCC. The van der Waals surface area contributed by atoms with E-state index in [0.29, 0.717) is 25.7 Å². The fraction of sp³-hybridized carbons (Fsp3) is 0.946. The van der Waals surface area contributed by atoms with Crippen LogP contribution >= 0.6 is 15.6 Å². The molecule has 5 atom stereocenters. The van der Waals surface area contributed by atoms with E-state index in [9.17, 15) is 43.2 Å². The minimum Gasteiger partial charge on any atom is -0.462 e. The van der Waals surface area contributed by atoms with Gasteiger partial charge < -0.3 is 33.8 Å². The van der Waals surface area contributed by atoms with Crippen LogP contribution in [0, 0.1) is 0 Å². The van der Waals surface area contributed by atoms with Crippen LogP contribution < -0.4 is 0 Å². The molecular weight excluding hydrogens is 1220 g/mol. The van der Waals surface area contributed by atoms with E-state index in [1.807, 2.05) is 0 Å². The normalized spacial score (nSPS) is 13.9. The van der Waals surface area contributed by atoms with Crippen LogP contribution in [0.2, 0.25) is 0 Å². The average molecular weight is 1370 g/mol. The summed E-state index contributed by atoms with van der Waals surface area (Å²) in [5.74, 6) is -2.12. The Morgan fingerprint density at radius 3 is 0.634 bits per heavy atom. The summed E-state index contributed by atoms with van der Waals surface area (Å²) in [6, 6.07) is 0. The summed E-state index contributed by atoms with van der Waals surface area (Å²) in [6.45, 7) is 4.96. The highest BCUT2D eigenvalue weighted by Gasteiger charge is 2.30. The molecule has 0 heterocycles. The van der Waals surface area contributed by atoms with Crippen LogP contribution in [0.15, 0.2) is 0 Å². The first kappa shape index (κ1) is 91.1. The summed E-state index contributed by atoms with van der Waals surface area (Å²) in [7, 11) is -9.90. The number of aliphatic hydroxyl groups is 1. The van der Waals surface area contributed by atoms with Gasteiger partial charge in [-0.15, -0.1) is 0 Å². The predicted molar refractivity (Wildman–Crippen MR) is 377 cm³/mol. The maximum Gasteiger partial charge on any atom is 0.472 e. The second-order valence-corrected chi connectivity index (χ2v) is 29.6. The quantitative estimate of drug-likeness (QED) is 0.0222. The van der Waals surface area contributed by atoms with Gasteiger partial charge in [0.25, 0.3) is 0 Å². The smallest absolute Gasteiger partial charge is 0.462 e. The van der Waals surface area contributed by atoms with Crippen molar-refractivity contribution in [2.45, 2.75) is 412 Å². The van der Waals surface area contributed by atoms with Crippen LogP contribution in [0.5, 0.6) is 0 Å². The molecule has 0 aromatic carbocycles. The fourth-order valence-electron chi connectivity index (χ4n) is 11.4. The standard InChI is InChI=1S/C74H144O17P2/c1-5-9-13-17-21-25-28-30-31-32-33-34-35-36-38-41-45-49-53-57-61-74(79)91-70(65-85-72(77)59-55-51-47-43-40-37-29-26-22-18-14-10-6-2)67-89-93(82,83)87-63-68(75)62-86-92(80,81)88-66-69(64-84-71(76)58-54-50-46-42-24-20-16-12-8-4)90-73(78)60-56-52-48-44-39-27-23-19-15-11-7-3/h68-70,75H,5-67H2,1-4H3,(H,80,81)(H,82,83)/t68-,69+,70+/m0/s1. The minimum atomic E-state index is -4.95. The third kappa shape index (κ3) is 68.4. The molecule has 0 amide bonds. The molecule has 552 valence electrons. The second kappa shape index (κ2) is 68.6. The number of ether oxygens (including phenoxy) is 4. The Hall–Kier alpha value is -1.94. The van der Waals surface area contributed by atoms with E-state index in [1.165, 1.54) is 225 Å². The van der Waals surface area contributed by atoms with E-state index in [4.69, 9.17) is 37.0 Å². The Morgan fingerprint density at radius 2 is 0.430 bits per heavy atom. The number of carbonyl (C=O) groups excluding carboxylic acids is 4. The zero-order valence-corrected chi connectivity index (χ0v) is 62.0. The summed E-state index contributed by atoms with van der Waals surface area (Å²) in [6.07, 6.45) is 58.2. The van der Waals surface area contributed by atoms with Crippen molar-refractivity contribution >= 4 is 39.5 Å². The molecule has 0 aromatic rings. The number of hydrogen-bond donors (Lipinski definition) is 3. The molecule has 0 aromatic heterocycles. The largest absolute Gasteiger partial charge is 0.472 e. The number of unbranched alkanes of at least 4 members (excludes halogenated alkanes) is 49. The molecule has 3 N–H and O–H groups in total. The summed E-state index contributed by atoms with van der Waals surface area (Å²) in [5.41, 5.74) is 0. The number of phosphoric ester groups is 2. The van der Waals surface area contributed by atoms with Gasteiger partial charge in [-0.3, -0.25) is 37.3 Å². The molecule has 0 rings (SSSR count). The van der Waals surface area contributed by atoms with Gasteiger partial charge in [0.15, 0.2) is 12.2 Å². The first-order valence-electron chi connectivity index (χ1n) is 38.8. The topological polar surface area (TPSA) is 237 Å². The van der Waals surface area contributed by atoms with Gasteiger partial charge in [-0.2, -0.15) is 0 Å². The van der Waals surface area contributed by atoms with E-state index in [2.05, 4.69) is 27.7 Å². The average Bonchev–Trinajstić information content (AvgIpc) is 3.65. The molecule has 0 saturated carbocycles. The lowest BCUT2D eigenvalue weighted by Crippen LogP contribution is -2.30. The number of hydrogen-bond acceptors (Lipinski definition) is 15. The van der Waals surface area contributed by atoms with Crippen molar-refractivity contribution in [2.75, 3.05) is 39.6 Å². The van der Waals surface area contributed by atoms with Crippen molar-refractivity contribution in [1.82, 2.24) is 0 Å². The summed E-state index contributed by atoms with van der Waals surface area (Å²) in [5, 5.41) is 10.6. The number of esters is 4. The van der Waals surface area contributed by atoms with Gasteiger partial charge >= 0.3 is 39.5 Å². The van der Waals surface area contributed by atoms with E-state index in [0.717, 1.165) is 89.9 Å². The third-order valence-electron chi connectivity index (χ3n) is 17.4. The zero-order chi connectivity index (χ0) is 68.2. The van der Waals surface area contributed by atoms with E-state index >= 15 is 0 Å². The molecule has 0 saturated heterocycles. The molecule has 93 heavy (non-hydrogen) atoms. The van der Waals surface area contributed by atoms with Crippen LogP contribution in [-0.4, -0.2) is 96.7 Å². The fourth-order valence-corrected chi connectivity index (χ4v) is 13.0. The van der Waals surface area contributed by atoms with Crippen LogP contribution in [0.25, 0.3) is 0 Å². The molecule has 0 bridgehead atoms.